The van der Waals surface area contributed by atoms with Crippen LogP contribution >= 0.6 is 11.3 Å². The van der Waals surface area contributed by atoms with Crippen LogP contribution in [0.1, 0.15) is 10.4 Å². The zero-order chi connectivity index (χ0) is 16.4. The van der Waals surface area contributed by atoms with Crippen molar-refractivity contribution >= 4 is 44.0 Å². The minimum absolute atomic E-state index is 0.0718. The van der Waals surface area contributed by atoms with Crippen LogP contribution in [0.15, 0.2) is 42.7 Å². The Hall–Kier alpha value is -3.13. The fraction of sp³-hybridized carbons (Fsp3) is 0. The molecule has 1 aromatic carbocycles. The van der Waals surface area contributed by atoms with Gasteiger partial charge in [0, 0.05) is 28.2 Å². The monoisotopic (exact) mass is 328 g/mol. The number of fused-ring (bicyclic) bond motifs is 1. The molecule has 0 fully saturated rings. The molecule has 116 valence electrons. The molecule has 8 heteroatoms. The topological polar surface area (TPSA) is 117 Å². The number of benzene rings is 1. The average molecular weight is 328 g/mol. The number of anilines is 2. The van der Waals surface area contributed by atoms with Crippen molar-refractivity contribution in [1.82, 2.24) is 4.98 Å². The molecule has 3 amide bonds. The van der Waals surface area contributed by atoms with Crippen molar-refractivity contribution in [3.8, 4) is 5.75 Å². The van der Waals surface area contributed by atoms with Gasteiger partial charge in [0.15, 0.2) is 0 Å². The molecular weight excluding hydrogens is 316 g/mol. The maximum atomic E-state index is 12.1. The smallest absolute Gasteiger partial charge is 0.324 e. The third kappa shape index (κ3) is 3.06. The Morgan fingerprint density at radius 3 is 2.57 bits per heavy atom. The van der Waals surface area contributed by atoms with Crippen molar-refractivity contribution in [2.75, 3.05) is 10.6 Å². The van der Waals surface area contributed by atoms with Gasteiger partial charge >= 0.3 is 6.03 Å². The molecule has 7 nitrogen and oxygen atoms in total. The second-order valence-electron chi connectivity index (χ2n) is 4.67. The third-order valence-electron chi connectivity index (χ3n) is 3.09. The van der Waals surface area contributed by atoms with Crippen molar-refractivity contribution in [1.29, 1.82) is 0 Å². The fourth-order valence-electron chi connectivity index (χ4n) is 2.12. The Morgan fingerprint density at radius 2 is 1.87 bits per heavy atom. The third-order valence-corrected chi connectivity index (χ3v) is 4.15. The number of aromatic nitrogens is 1. The van der Waals surface area contributed by atoms with Gasteiger partial charge in [0.25, 0.3) is 5.91 Å². The Labute approximate surface area is 134 Å². The first kappa shape index (κ1) is 14.8. The van der Waals surface area contributed by atoms with Crippen molar-refractivity contribution in [2.45, 2.75) is 0 Å². The minimum Gasteiger partial charge on any atom is -0.508 e. The lowest BCUT2D eigenvalue weighted by molar-refractivity contribution is 0.100. The summed E-state index contributed by atoms with van der Waals surface area (Å²) in [4.78, 5) is 27.6. The first-order valence-electron chi connectivity index (χ1n) is 6.58. The summed E-state index contributed by atoms with van der Waals surface area (Å²) in [5, 5.41) is 15.7. The van der Waals surface area contributed by atoms with Crippen LogP contribution in [-0.2, 0) is 0 Å². The zero-order valence-corrected chi connectivity index (χ0v) is 12.6. The summed E-state index contributed by atoms with van der Waals surface area (Å²) in [5.41, 5.74) is 6.20. The van der Waals surface area contributed by atoms with E-state index in [0.29, 0.717) is 20.8 Å². The average Bonchev–Trinajstić information content (AvgIpc) is 2.84. The number of primary amides is 1. The Bertz CT molecular complexity index is 892. The maximum absolute atomic E-state index is 12.1. The summed E-state index contributed by atoms with van der Waals surface area (Å²) in [7, 11) is 0. The standard InChI is InChI=1S/C15H12N4O3S/c16-13(21)12-10-2-1-9(20)7-11(10)23-14(12)19-15(22)18-8-3-5-17-6-4-8/h1-7,20H,(H2,16,21)(H2,17,18,19,22). The Kier molecular flexibility index (Phi) is 3.82. The fourth-order valence-corrected chi connectivity index (χ4v) is 3.25. The Morgan fingerprint density at radius 1 is 1.13 bits per heavy atom. The summed E-state index contributed by atoms with van der Waals surface area (Å²) < 4.78 is 0.651. The second-order valence-corrected chi connectivity index (χ2v) is 5.72. The van der Waals surface area contributed by atoms with Gasteiger partial charge in [-0.2, -0.15) is 0 Å². The van der Waals surface area contributed by atoms with Gasteiger partial charge in [0.1, 0.15) is 10.8 Å². The van der Waals surface area contributed by atoms with Crippen LogP contribution in [0.5, 0.6) is 5.75 Å². The van der Waals surface area contributed by atoms with Gasteiger partial charge in [0.05, 0.1) is 5.56 Å². The van der Waals surface area contributed by atoms with Gasteiger partial charge in [-0.15, -0.1) is 11.3 Å². The van der Waals surface area contributed by atoms with Crippen LogP contribution in [0.2, 0.25) is 0 Å². The predicted molar refractivity (Wildman–Crippen MR) is 88.9 cm³/mol. The van der Waals surface area contributed by atoms with E-state index in [2.05, 4.69) is 15.6 Å². The van der Waals surface area contributed by atoms with Crippen LogP contribution in [0.3, 0.4) is 0 Å². The Balaban J connectivity index is 1.91. The summed E-state index contributed by atoms with van der Waals surface area (Å²) >= 11 is 1.16. The minimum atomic E-state index is -0.652. The number of carbonyl (C=O) groups excluding carboxylic acids is 2. The van der Waals surface area contributed by atoms with E-state index in [1.54, 1.807) is 30.6 Å². The summed E-state index contributed by atoms with van der Waals surface area (Å²) in [6.07, 6.45) is 3.10. The molecule has 0 unspecified atom stereocenters. The molecule has 0 aliphatic rings. The first-order valence-corrected chi connectivity index (χ1v) is 7.39. The lowest BCUT2D eigenvalue weighted by Gasteiger charge is -2.06. The predicted octanol–water partition coefficient (Wildman–Crippen LogP) is 2.74. The highest BCUT2D eigenvalue weighted by Crippen LogP contribution is 2.37. The van der Waals surface area contributed by atoms with Crippen LogP contribution in [-0.4, -0.2) is 22.0 Å². The molecule has 3 aromatic rings. The molecule has 0 aliphatic heterocycles. The van der Waals surface area contributed by atoms with E-state index in [4.69, 9.17) is 5.73 Å². The summed E-state index contributed by atoms with van der Waals surface area (Å²) in [5.74, 6) is -0.580. The quantitative estimate of drug-likeness (QED) is 0.591. The highest BCUT2D eigenvalue weighted by molar-refractivity contribution is 7.23. The first-order chi connectivity index (χ1) is 11.0. The summed E-state index contributed by atoms with van der Waals surface area (Å²) in [6.45, 7) is 0. The molecule has 3 rings (SSSR count). The number of nitrogens with two attached hydrogens (primary N) is 1. The van der Waals surface area contributed by atoms with Crippen LogP contribution < -0.4 is 16.4 Å². The largest absolute Gasteiger partial charge is 0.508 e. The SMILES string of the molecule is NC(=O)c1c(NC(=O)Nc2ccncc2)sc2cc(O)ccc12. The van der Waals surface area contributed by atoms with Gasteiger partial charge in [-0.05, 0) is 30.3 Å². The number of hydrogen-bond acceptors (Lipinski definition) is 5. The van der Waals surface area contributed by atoms with Gasteiger partial charge < -0.3 is 16.2 Å². The lowest BCUT2D eigenvalue weighted by atomic mass is 10.1. The highest BCUT2D eigenvalue weighted by atomic mass is 32.1. The van der Waals surface area contributed by atoms with E-state index in [-0.39, 0.29) is 11.3 Å². The molecule has 0 atom stereocenters. The van der Waals surface area contributed by atoms with Crippen molar-refractivity contribution in [3.63, 3.8) is 0 Å². The van der Waals surface area contributed by atoms with Crippen molar-refractivity contribution in [2.24, 2.45) is 5.73 Å². The van der Waals surface area contributed by atoms with E-state index < -0.39 is 11.9 Å². The molecule has 0 saturated carbocycles. The number of nitrogens with zero attached hydrogens (tertiary/aromatic N) is 1. The van der Waals surface area contributed by atoms with Gasteiger partial charge in [-0.3, -0.25) is 15.1 Å². The molecule has 0 aliphatic carbocycles. The number of amides is 3. The highest BCUT2D eigenvalue weighted by Gasteiger charge is 2.19. The zero-order valence-electron chi connectivity index (χ0n) is 11.7. The molecule has 0 saturated heterocycles. The van der Waals surface area contributed by atoms with E-state index in [9.17, 15) is 14.7 Å². The van der Waals surface area contributed by atoms with E-state index in [1.807, 2.05) is 0 Å². The van der Waals surface area contributed by atoms with Gasteiger partial charge in [-0.25, -0.2) is 4.79 Å². The maximum Gasteiger partial charge on any atom is 0.324 e. The van der Waals surface area contributed by atoms with Crippen LogP contribution in [0.4, 0.5) is 15.5 Å². The number of hydrogen-bond donors (Lipinski definition) is 4. The molecule has 23 heavy (non-hydrogen) atoms. The number of carbonyl (C=O) groups is 2. The van der Waals surface area contributed by atoms with E-state index in [1.165, 1.54) is 12.1 Å². The molecule has 0 bridgehead atoms. The summed E-state index contributed by atoms with van der Waals surface area (Å²) in [6, 6.07) is 7.33. The number of phenolic OH excluding ortho intramolecular Hbond substituents is 1. The molecular formula is C15H12N4O3S. The molecule has 5 N–H and O–H groups in total. The number of pyridine rings is 1. The second kappa shape index (κ2) is 5.93. The van der Waals surface area contributed by atoms with Crippen molar-refractivity contribution in [3.05, 3.63) is 48.3 Å². The van der Waals surface area contributed by atoms with Gasteiger partial charge in [0.2, 0.25) is 0 Å². The number of aromatic hydroxyl groups is 1. The number of rotatable bonds is 3. The van der Waals surface area contributed by atoms with Crippen molar-refractivity contribution < 1.29 is 14.7 Å². The normalized spacial score (nSPS) is 10.4. The van der Waals surface area contributed by atoms with E-state index >= 15 is 0 Å². The van der Waals surface area contributed by atoms with Gasteiger partial charge in [-0.1, -0.05) is 0 Å². The van der Waals surface area contributed by atoms with E-state index in [0.717, 1.165) is 11.3 Å². The molecule has 2 aromatic heterocycles. The lowest BCUT2D eigenvalue weighted by Crippen LogP contribution is -2.21. The number of phenols is 1. The molecule has 0 radical (unpaired) electrons. The molecule has 2 heterocycles. The molecule has 0 spiro atoms. The van der Waals surface area contributed by atoms with Crippen LogP contribution in [0.25, 0.3) is 10.1 Å². The number of urea groups is 1. The number of nitrogens with one attached hydrogen (secondary N) is 2. The van der Waals surface area contributed by atoms with Crippen LogP contribution in [0, 0.1) is 0 Å². The number of thiophene rings is 1.